The Bertz CT molecular complexity index is 424. The van der Waals surface area contributed by atoms with E-state index in [0.717, 1.165) is 11.1 Å². The van der Waals surface area contributed by atoms with E-state index in [0.29, 0.717) is 12.1 Å². The SMILES string of the molecule is Cc1cc(C)cc(NC(=O)C(=O)NCCCO)c1. The Morgan fingerprint density at radius 1 is 1.11 bits per heavy atom. The molecule has 18 heavy (non-hydrogen) atoms. The van der Waals surface area contributed by atoms with Crippen LogP contribution in [-0.2, 0) is 9.59 Å². The highest BCUT2D eigenvalue weighted by Crippen LogP contribution is 2.13. The third kappa shape index (κ3) is 4.55. The maximum atomic E-state index is 11.5. The van der Waals surface area contributed by atoms with Crippen molar-refractivity contribution >= 4 is 17.5 Å². The Hall–Kier alpha value is -1.88. The summed E-state index contributed by atoms with van der Waals surface area (Å²) in [5.74, 6) is -1.39. The van der Waals surface area contributed by atoms with Crippen molar-refractivity contribution in [3.05, 3.63) is 29.3 Å². The van der Waals surface area contributed by atoms with Crippen LogP contribution in [0.1, 0.15) is 17.5 Å². The lowest BCUT2D eigenvalue weighted by molar-refractivity contribution is -0.136. The summed E-state index contributed by atoms with van der Waals surface area (Å²) in [5.41, 5.74) is 2.65. The number of aliphatic hydroxyl groups is 1. The molecule has 5 nitrogen and oxygen atoms in total. The maximum Gasteiger partial charge on any atom is 0.313 e. The third-order valence-electron chi connectivity index (χ3n) is 2.31. The van der Waals surface area contributed by atoms with Crippen molar-refractivity contribution in [2.45, 2.75) is 20.3 Å². The van der Waals surface area contributed by atoms with Crippen molar-refractivity contribution in [2.75, 3.05) is 18.5 Å². The van der Waals surface area contributed by atoms with Gasteiger partial charge in [0.2, 0.25) is 0 Å². The molecule has 1 rings (SSSR count). The van der Waals surface area contributed by atoms with E-state index < -0.39 is 11.8 Å². The van der Waals surface area contributed by atoms with Gasteiger partial charge in [-0.05, 0) is 43.5 Å². The fourth-order valence-corrected chi connectivity index (χ4v) is 1.60. The molecule has 0 aliphatic heterocycles. The van der Waals surface area contributed by atoms with Crippen molar-refractivity contribution in [3.63, 3.8) is 0 Å². The van der Waals surface area contributed by atoms with Gasteiger partial charge in [0.05, 0.1) is 0 Å². The lowest BCUT2D eigenvalue weighted by Gasteiger charge is -2.07. The van der Waals surface area contributed by atoms with Gasteiger partial charge in [-0.3, -0.25) is 9.59 Å². The zero-order chi connectivity index (χ0) is 13.5. The van der Waals surface area contributed by atoms with Gasteiger partial charge in [-0.25, -0.2) is 0 Å². The molecule has 0 aliphatic carbocycles. The van der Waals surface area contributed by atoms with Crippen molar-refractivity contribution in [2.24, 2.45) is 0 Å². The molecule has 0 saturated carbocycles. The minimum atomic E-state index is -0.696. The van der Waals surface area contributed by atoms with E-state index in [-0.39, 0.29) is 13.2 Å². The number of hydrogen-bond donors (Lipinski definition) is 3. The van der Waals surface area contributed by atoms with E-state index in [1.54, 1.807) is 12.1 Å². The van der Waals surface area contributed by atoms with Crippen molar-refractivity contribution < 1.29 is 14.7 Å². The lowest BCUT2D eigenvalue weighted by Crippen LogP contribution is -2.36. The van der Waals surface area contributed by atoms with Crippen LogP contribution in [0.4, 0.5) is 5.69 Å². The van der Waals surface area contributed by atoms with E-state index in [4.69, 9.17) is 5.11 Å². The number of amides is 2. The zero-order valence-electron chi connectivity index (χ0n) is 10.6. The van der Waals surface area contributed by atoms with Gasteiger partial charge in [0.25, 0.3) is 0 Å². The predicted molar refractivity (Wildman–Crippen MR) is 69.3 cm³/mol. The Labute approximate surface area is 106 Å². The number of hydrogen-bond acceptors (Lipinski definition) is 3. The van der Waals surface area contributed by atoms with Gasteiger partial charge in [0.15, 0.2) is 0 Å². The molecule has 98 valence electrons. The van der Waals surface area contributed by atoms with Crippen LogP contribution in [0, 0.1) is 13.8 Å². The molecule has 0 spiro atoms. The molecule has 1 aromatic carbocycles. The normalized spacial score (nSPS) is 9.94. The van der Waals surface area contributed by atoms with E-state index in [1.807, 2.05) is 19.9 Å². The van der Waals surface area contributed by atoms with Crippen LogP contribution in [0.3, 0.4) is 0 Å². The second kappa shape index (κ2) is 6.76. The number of carbonyl (C=O) groups excluding carboxylic acids is 2. The van der Waals surface area contributed by atoms with E-state index in [2.05, 4.69) is 10.6 Å². The van der Waals surface area contributed by atoms with E-state index in [1.165, 1.54) is 0 Å². The summed E-state index contributed by atoms with van der Waals surface area (Å²) in [4.78, 5) is 22.9. The van der Waals surface area contributed by atoms with Gasteiger partial charge in [0.1, 0.15) is 0 Å². The second-order valence-electron chi connectivity index (χ2n) is 4.16. The van der Waals surface area contributed by atoms with Crippen LogP contribution in [0.15, 0.2) is 18.2 Å². The first-order valence-corrected chi connectivity index (χ1v) is 5.81. The number of rotatable bonds is 4. The number of anilines is 1. The van der Waals surface area contributed by atoms with Gasteiger partial charge < -0.3 is 15.7 Å². The van der Waals surface area contributed by atoms with Gasteiger partial charge in [-0.1, -0.05) is 6.07 Å². The summed E-state index contributed by atoms with van der Waals surface area (Å²) < 4.78 is 0. The van der Waals surface area contributed by atoms with Gasteiger partial charge in [0, 0.05) is 18.8 Å². The fourth-order valence-electron chi connectivity index (χ4n) is 1.60. The summed E-state index contributed by atoms with van der Waals surface area (Å²) in [7, 11) is 0. The van der Waals surface area contributed by atoms with Crippen LogP contribution in [0.2, 0.25) is 0 Å². The molecule has 0 bridgehead atoms. The van der Waals surface area contributed by atoms with Crippen molar-refractivity contribution in [3.8, 4) is 0 Å². The monoisotopic (exact) mass is 250 g/mol. The number of nitrogens with one attached hydrogen (secondary N) is 2. The summed E-state index contributed by atoms with van der Waals surface area (Å²) in [5, 5.41) is 13.5. The quantitative estimate of drug-likeness (QED) is 0.545. The Kier molecular flexibility index (Phi) is 5.32. The molecule has 0 heterocycles. The molecule has 1 aromatic rings. The highest BCUT2D eigenvalue weighted by Gasteiger charge is 2.12. The summed E-state index contributed by atoms with van der Waals surface area (Å²) in [6.07, 6.45) is 0.433. The standard InChI is InChI=1S/C13H18N2O3/c1-9-6-10(2)8-11(7-9)15-13(18)12(17)14-4-3-5-16/h6-8,16H,3-5H2,1-2H3,(H,14,17)(H,15,18). The molecule has 0 aromatic heterocycles. The minimum absolute atomic E-state index is 0.0149. The van der Waals surface area contributed by atoms with Gasteiger partial charge >= 0.3 is 11.8 Å². The highest BCUT2D eigenvalue weighted by molar-refractivity contribution is 6.39. The summed E-state index contributed by atoms with van der Waals surface area (Å²) in [6.45, 7) is 4.11. The molecule has 3 N–H and O–H groups in total. The fraction of sp³-hybridized carbons (Fsp3) is 0.385. The lowest BCUT2D eigenvalue weighted by atomic mass is 10.1. The maximum absolute atomic E-state index is 11.5. The molecule has 0 fully saturated rings. The largest absolute Gasteiger partial charge is 0.396 e. The molecular weight excluding hydrogens is 232 g/mol. The first-order valence-electron chi connectivity index (χ1n) is 5.81. The van der Waals surface area contributed by atoms with Crippen molar-refractivity contribution in [1.82, 2.24) is 5.32 Å². The Balaban J connectivity index is 2.55. The summed E-state index contributed by atoms with van der Waals surface area (Å²) in [6, 6.07) is 5.58. The first kappa shape index (κ1) is 14.2. The van der Waals surface area contributed by atoms with Crippen LogP contribution in [0.5, 0.6) is 0 Å². The van der Waals surface area contributed by atoms with Crippen LogP contribution in [0.25, 0.3) is 0 Å². The smallest absolute Gasteiger partial charge is 0.313 e. The van der Waals surface area contributed by atoms with Crippen LogP contribution < -0.4 is 10.6 Å². The third-order valence-corrected chi connectivity index (χ3v) is 2.31. The Morgan fingerprint density at radius 2 is 1.72 bits per heavy atom. The molecule has 0 unspecified atom stereocenters. The second-order valence-corrected chi connectivity index (χ2v) is 4.16. The predicted octanol–water partition coefficient (Wildman–Crippen LogP) is 0.741. The number of aliphatic hydroxyl groups excluding tert-OH is 1. The zero-order valence-corrected chi connectivity index (χ0v) is 10.6. The number of benzene rings is 1. The van der Waals surface area contributed by atoms with E-state index in [9.17, 15) is 9.59 Å². The molecule has 0 saturated heterocycles. The first-order chi connectivity index (χ1) is 8.52. The van der Waals surface area contributed by atoms with E-state index >= 15 is 0 Å². The highest BCUT2D eigenvalue weighted by atomic mass is 16.3. The van der Waals surface area contributed by atoms with Gasteiger partial charge in [-0.2, -0.15) is 0 Å². The Morgan fingerprint density at radius 3 is 2.28 bits per heavy atom. The molecule has 0 atom stereocenters. The average Bonchev–Trinajstić information content (AvgIpc) is 2.27. The number of carbonyl (C=O) groups is 2. The number of aryl methyl sites for hydroxylation is 2. The summed E-state index contributed by atoms with van der Waals surface area (Å²) >= 11 is 0. The van der Waals surface area contributed by atoms with Crippen molar-refractivity contribution in [1.29, 1.82) is 0 Å². The topological polar surface area (TPSA) is 78.4 Å². The average molecular weight is 250 g/mol. The van der Waals surface area contributed by atoms with Gasteiger partial charge in [-0.15, -0.1) is 0 Å². The minimum Gasteiger partial charge on any atom is -0.396 e. The molecular formula is C13H18N2O3. The molecule has 2 amide bonds. The molecule has 5 heteroatoms. The molecule has 0 radical (unpaired) electrons. The van der Waals surface area contributed by atoms with Crippen LogP contribution in [-0.4, -0.2) is 30.1 Å². The van der Waals surface area contributed by atoms with Crippen LogP contribution >= 0.6 is 0 Å². The molecule has 0 aliphatic rings.